The molecule has 0 atom stereocenters. The predicted octanol–water partition coefficient (Wildman–Crippen LogP) is 4.85. The Kier molecular flexibility index (Phi) is 9.27. The van der Waals surface area contributed by atoms with E-state index >= 15 is 0 Å². The Balaban J connectivity index is 1.58. The Morgan fingerprint density at radius 1 is 0.936 bits per heavy atom. The summed E-state index contributed by atoms with van der Waals surface area (Å²) in [5.41, 5.74) is 1.11. The molecule has 6 aromatic rings. The first kappa shape index (κ1) is 31.8. The van der Waals surface area contributed by atoms with Crippen molar-refractivity contribution in [3.63, 3.8) is 0 Å². The van der Waals surface area contributed by atoms with Gasteiger partial charge < -0.3 is 4.90 Å². The summed E-state index contributed by atoms with van der Waals surface area (Å²) >= 11 is 1.22. The lowest BCUT2D eigenvalue weighted by atomic mass is 10.0. The molecule has 0 radical (unpaired) electrons. The lowest BCUT2D eigenvalue weighted by molar-refractivity contribution is -0.118. The van der Waals surface area contributed by atoms with Crippen molar-refractivity contribution in [2.45, 2.75) is 39.4 Å². The Hall–Kier alpha value is -5.14. The molecule has 240 valence electrons. The van der Waals surface area contributed by atoms with E-state index in [0.717, 1.165) is 32.7 Å². The lowest BCUT2D eigenvalue weighted by Gasteiger charge is -2.18. The highest BCUT2D eigenvalue weighted by molar-refractivity contribution is 7.22. The topological polar surface area (TPSA) is 108 Å². The van der Waals surface area contributed by atoms with Crippen molar-refractivity contribution < 1.29 is 13.6 Å². The number of likely N-dealkylation sites (N-methyl/N-ethyl adjacent to an activating group) is 1. The molecular weight excluding hydrogens is 624 g/mol. The van der Waals surface area contributed by atoms with Crippen molar-refractivity contribution in [3.8, 4) is 16.1 Å². The van der Waals surface area contributed by atoms with E-state index in [4.69, 9.17) is 0 Å². The van der Waals surface area contributed by atoms with E-state index in [1.54, 1.807) is 30.3 Å². The van der Waals surface area contributed by atoms with Crippen molar-refractivity contribution in [2.75, 3.05) is 13.6 Å². The number of carbonyl (C=O) groups excluding carboxylic acids is 1. The number of carbonyl (C=O) groups is 1. The zero-order valence-electron chi connectivity index (χ0n) is 25.8. The molecule has 3 aromatic heterocycles. The molecule has 0 N–H and O–H groups in total. The van der Waals surface area contributed by atoms with E-state index in [-0.39, 0.29) is 16.7 Å². The van der Waals surface area contributed by atoms with Gasteiger partial charge in [-0.15, -0.1) is 21.5 Å². The fraction of sp³-hybridized carbons (Fsp3) is 0.235. The molecular formula is C34H31F2N7O3S. The van der Waals surface area contributed by atoms with Crippen LogP contribution in [0, 0.1) is 11.6 Å². The van der Waals surface area contributed by atoms with Crippen LogP contribution in [0.5, 0.6) is 0 Å². The van der Waals surface area contributed by atoms with Crippen LogP contribution in [-0.2, 0) is 30.8 Å². The molecule has 6 rings (SSSR count). The molecule has 0 bridgehead atoms. The summed E-state index contributed by atoms with van der Waals surface area (Å²) in [4.78, 5) is 45.1. The molecule has 0 aliphatic carbocycles. The van der Waals surface area contributed by atoms with E-state index in [2.05, 4.69) is 15.4 Å². The Morgan fingerprint density at radius 3 is 2.32 bits per heavy atom. The van der Waals surface area contributed by atoms with Crippen LogP contribution in [0.1, 0.15) is 30.0 Å². The summed E-state index contributed by atoms with van der Waals surface area (Å²) in [5, 5.41) is 12.0. The van der Waals surface area contributed by atoms with Gasteiger partial charge in [0.25, 0.3) is 5.56 Å². The smallest absolute Gasteiger partial charge is 0.300 e. The van der Waals surface area contributed by atoms with E-state index in [9.17, 15) is 23.2 Å². The van der Waals surface area contributed by atoms with Gasteiger partial charge in [-0.2, -0.15) is 4.80 Å². The first-order valence-corrected chi connectivity index (χ1v) is 15.9. The van der Waals surface area contributed by atoms with Gasteiger partial charge in [-0.1, -0.05) is 55.5 Å². The minimum Gasteiger partial charge on any atom is -0.300 e. The Morgan fingerprint density at radius 2 is 1.66 bits per heavy atom. The van der Waals surface area contributed by atoms with Crippen LogP contribution >= 0.6 is 11.3 Å². The quantitative estimate of drug-likeness (QED) is 0.186. The summed E-state index contributed by atoms with van der Waals surface area (Å²) in [5.74, 6) is -1.47. The lowest BCUT2D eigenvalue weighted by Crippen LogP contribution is -2.39. The molecule has 3 heterocycles. The molecule has 0 amide bonds. The maximum Gasteiger partial charge on any atom is 0.337 e. The van der Waals surface area contributed by atoms with Crippen LogP contribution < -0.4 is 11.2 Å². The maximum atomic E-state index is 15.0. The van der Waals surface area contributed by atoms with E-state index < -0.39 is 29.4 Å². The summed E-state index contributed by atoms with van der Waals surface area (Å²) in [6.45, 7) is 2.66. The highest BCUT2D eigenvalue weighted by atomic mass is 32.1. The summed E-state index contributed by atoms with van der Waals surface area (Å²) in [6, 6.07) is 19.6. The molecule has 0 aliphatic heterocycles. The number of halogens is 2. The molecule has 10 nitrogen and oxygen atoms in total. The average Bonchev–Trinajstić information content (AvgIpc) is 3.73. The molecule has 0 spiro atoms. The molecule has 47 heavy (non-hydrogen) atoms. The zero-order valence-corrected chi connectivity index (χ0v) is 26.6. The van der Waals surface area contributed by atoms with Gasteiger partial charge in [-0.05, 0) is 53.2 Å². The largest absolute Gasteiger partial charge is 0.337 e. The Bertz CT molecular complexity index is 2140. The number of rotatable bonds is 12. The SMILES string of the molecule is CCC(=O)Cc1ccc(-c2sc3c(c2CN(C)CCn2ncnn2)c(=O)n(-c2ccccc2)c(=O)n3Cc2c(F)cccc2F)cc1. The summed E-state index contributed by atoms with van der Waals surface area (Å²) < 4.78 is 32.3. The summed E-state index contributed by atoms with van der Waals surface area (Å²) in [6.07, 6.45) is 2.10. The number of ketones is 1. The first-order valence-electron chi connectivity index (χ1n) is 15.0. The van der Waals surface area contributed by atoms with Crippen molar-refractivity contribution in [3.05, 3.63) is 128 Å². The van der Waals surface area contributed by atoms with Crippen LogP contribution in [0.4, 0.5) is 8.78 Å². The number of benzene rings is 3. The van der Waals surface area contributed by atoms with Crippen LogP contribution in [0.2, 0.25) is 0 Å². The minimum atomic E-state index is -0.793. The first-order chi connectivity index (χ1) is 22.7. The number of thiophene rings is 1. The molecule has 0 fully saturated rings. The second-order valence-electron chi connectivity index (χ2n) is 11.2. The van der Waals surface area contributed by atoms with Crippen molar-refractivity contribution in [2.24, 2.45) is 0 Å². The normalized spacial score (nSPS) is 11.5. The maximum absolute atomic E-state index is 15.0. The van der Waals surface area contributed by atoms with Crippen molar-refractivity contribution in [1.82, 2.24) is 34.2 Å². The molecule has 0 unspecified atom stereocenters. The second kappa shape index (κ2) is 13.7. The van der Waals surface area contributed by atoms with Gasteiger partial charge in [0.05, 0.1) is 24.2 Å². The highest BCUT2D eigenvalue weighted by Gasteiger charge is 2.25. The molecule has 0 saturated carbocycles. The van der Waals surface area contributed by atoms with E-state index in [1.807, 2.05) is 43.1 Å². The van der Waals surface area contributed by atoms with Gasteiger partial charge in [-0.25, -0.2) is 18.1 Å². The van der Waals surface area contributed by atoms with E-state index in [1.165, 1.54) is 33.1 Å². The second-order valence-corrected chi connectivity index (χ2v) is 12.2. The number of aromatic nitrogens is 6. The van der Waals surface area contributed by atoms with Gasteiger partial charge in [-0.3, -0.25) is 14.2 Å². The zero-order chi connectivity index (χ0) is 33.1. The monoisotopic (exact) mass is 655 g/mol. The van der Waals surface area contributed by atoms with Crippen LogP contribution in [-0.4, -0.2) is 53.6 Å². The van der Waals surface area contributed by atoms with Crippen LogP contribution in [0.25, 0.3) is 26.3 Å². The third-order valence-electron chi connectivity index (χ3n) is 7.98. The fourth-order valence-electron chi connectivity index (χ4n) is 5.47. The summed E-state index contributed by atoms with van der Waals surface area (Å²) in [7, 11) is 1.89. The molecule has 3 aromatic carbocycles. The number of hydrogen-bond donors (Lipinski definition) is 0. The van der Waals surface area contributed by atoms with Gasteiger partial charge >= 0.3 is 5.69 Å². The fourth-order valence-corrected chi connectivity index (χ4v) is 6.77. The van der Waals surface area contributed by atoms with Gasteiger partial charge in [0.2, 0.25) is 0 Å². The van der Waals surface area contributed by atoms with Crippen LogP contribution in [0.3, 0.4) is 0 Å². The number of nitrogens with zero attached hydrogens (tertiary/aromatic N) is 7. The third kappa shape index (κ3) is 6.58. The predicted molar refractivity (Wildman–Crippen MR) is 176 cm³/mol. The number of tetrazole rings is 1. The highest BCUT2D eigenvalue weighted by Crippen LogP contribution is 2.38. The minimum absolute atomic E-state index is 0.120. The number of Topliss-reactive ketones (excluding diaryl/α,β-unsaturated/α-hetero) is 1. The van der Waals surface area contributed by atoms with Crippen molar-refractivity contribution in [1.29, 1.82) is 0 Å². The number of hydrogen-bond acceptors (Lipinski definition) is 8. The van der Waals surface area contributed by atoms with Gasteiger partial charge in [0.15, 0.2) is 6.33 Å². The van der Waals surface area contributed by atoms with E-state index in [0.29, 0.717) is 48.6 Å². The molecule has 0 aliphatic rings. The third-order valence-corrected chi connectivity index (χ3v) is 9.28. The number of fused-ring (bicyclic) bond motifs is 1. The van der Waals surface area contributed by atoms with Gasteiger partial charge in [0.1, 0.15) is 22.2 Å². The average molecular weight is 656 g/mol. The van der Waals surface area contributed by atoms with Crippen LogP contribution in [0.15, 0.2) is 88.7 Å². The van der Waals surface area contributed by atoms with Gasteiger partial charge in [0, 0.05) is 36.4 Å². The molecule has 13 heteroatoms. The standard InChI is InChI=1S/C34H31F2N7O3S/c1-3-25(44)18-22-12-14-23(15-13-22)31-27(19-40(2)16-17-42-38-21-37-39-42)30-32(45)43(24-8-5-4-6-9-24)34(46)41(33(30)47-31)20-26-28(35)10-7-11-29(26)36/h4-15,21H,3,16-20H2,1-2H3. The molecule has 0 saturated heterocycles. The number of para-hydroxylation sites is 1. The van der Waals surface area contributed by atoms with Crippen molar-refractivity contribution >= 4 is 27.3 Å². The Labute approximate surface area is 272 Å².